The summed E-state index contributed by atoms with van der Waals surface area (Å²) < 4.78 is 0. The van der Waals surface area contributed by atoms with Gasteiger partial charge in [-0.3, -0.25) is 9.59 Å². The first kappa shape index (κ1) is 17.9. The van der Waals surface area contributed by atoms with Crippen molar-refractivity contribution in [1.82, 2.24) is 4.90 Å². The van der Waals surface area contributed by atoms with Gasteiger partial charge >= 0.3 is 0 Å². The fourth-order valence-corrected chi connectivity index (χ4v) is 3.52. The molecule has 0 saturated heterocycles. The third-order valence-corrected chi connectivity index (χ3v) is 5.13. The molecule has 0 saturated carbocycles. The van der Waals surface area contributed by atoms with Crippen molar-refractivity contribution in [2.75, 3.05) is 12.4 Å². The highest BCUT2D eigenvalue weighted by molar-refractivity contribution is 7.10. The smallest absolute Gasteiger partial charge is 0.255 e. The molecule has 1 aromatic heterocycles. The molecule has 4 nitrogen and oxygen atoms in total. The quantitative estimate of drug-likeness (QED) is 0.720. The van der Waals surface area contributed by atoms with Gasteiger partial charge in [-0.05, 0) is 60.3 Å². The molecule has 5 heteroatoms. The normalized spacial score (nSPS) is 10.4. The van der Waals surface area contributed by atoms with Gasteiger partial charge in [0, 0.05) is 28.7 Å². The van der Waals surface area contributed by atoms with E-state index in [1.807, 2.05) is 30.5 Å². The molecule has 2 amide bonds. The zero-order valence-electron chi connectivity index (χ0n) is 14.7. The molecule has 1 heterocycles. The molecule has 26 heavy (non-hydrogen) atoms. The van der Waals surface area contributed by atoms with E-state index in [-0.39, 0.29) is 11.8 Å². The van der Waals surface area contributed by atoms with Crippen molar-refractivity contribution in [2.24, 2.45) is 0 Å². The summed E-state index contributed by atoms with van der Waals surface area (Å²) in [5, 5.41) is 4.87. The minimum absolute atomic E-state index is 0.0428. The van der Waals surface area contributed by atoms with Gasteiger partial charge in [-0.2, -0.15) is 0 Å². The van der Waals surface area contributed by atoms with Crippen LogP contribution in [0.15, 0.2) is 66.0 Å². The van der Waals surface area contributed by atoms with E-state index in [9.17, 15) is 9.59 Å². The fraction of sp³-hybridized carbons (Fsp3) is 0.143. The molecular weight excluding hydrogens is 344 g/mol. The number of rotatable bonds is 5. The lowest BCUT2D eigenvalue weighted by molar-refractivity contribution is 0.0786. The van der Waals surface area contributed by atoms with Crippen molar-refractivity contribution < 1.29 is 9.59 Å². The van der Waals surface area contributed by atoms with Crippen molar-refractivity contribution >= 4 is 28.8 Å². The van der Waals surface area contributed by atoms with Gasteiger partial charge in [0.05, 0.1) is 6.54 Å². The van der Waals surface area contributed by atoms with Crippen LogP contribution in [0, 0.1) is 6.92 Å². The highest BCUT2D eigenvalue weighted by Crippen LogP contribution is 2.19. The van der Waals surface area contributed by atoms with Crippen LogP contribution in [-0.4, -0.2) is 23.8 Å². The first-order chi connectivity index (χ1) is 12.5. The van der Waals surface area contributed by atoms with Gasteiger partial charge in [0.2, 0.25) is 0 Å². The second kappa shape index (κ2) is 7.97. The lowest BCUT2D eigenvalue weighted by atomic mass is 10.1. The van der Waals surface area contributed by atoms with Crippen molar-refractivity contribution in [3.05, 3.63) is 87.6 Å². The Kier molecular flexibility index (Phi) is 5.49. The van der Waals surface area contributed by atoms with E-state index >= 15 is 0 Å². The van der Waals surface area contributed by atoms with Crippen LogP contribution in [0.3, 0.4) is 0 Å². The van der Waals surface area contributed by atoms with Crippen molar-refractivity contribution in [3.8, 4) is 0 Å². The number of hydrogen-bond acceptors (Lipinski definition) is 3. The first-order valence-electron chi connectivity index (χ1n) is 8.29. The maximum absolute atomic E-state index is 12.6. The molecule has 0 aliphatic rings. The van der Waals surface area contributed by atoms with Gasteiger partial charge < -0.3 is 10.2 Å². The van der Waals surface area contributed by atoms with Crippen LogP contribution in [-0.2, 0) is 6.54 Å². The van der Waals surface area contributed by atoms with Gasteiger partial charge in [-0.25, -0.2) is 0 Å². The van der Waals surface area contributed by atoms with E-state index in [1.165, 1.54) is 10.4 Å². The first-order valence-corrected chi connectivity index (χ1v) is 9.17. The Morgan fingerprint density at radius 1 is 0.962 bits per heavy atom. The summed E-state index contributed by atoms with van der Waals surface area (Å²) in [7, 11) is 1.80. The Labute approximate surface area is 157 Å². The van der Waals surface area contributed by atoms with Gasteiger partial charge in [0.1, 0.15) is 0 Å². The maximum Gasteiger partial charge on any atom is 0.255 e. The zero-order chi connectivity index (χ0) is 18.5. The molecule has 0 fully saturated rings. The highest BCUT2D eigenvalue weighted by atomic mass is 32.1. The fourth-order valence-electron chi connectivity index (χ4n) is 2.56. The van der Waals surface area contributed by atoms with Crippen molar-refractivity contribution in [1.29, 1.82) is 0 Å². The number of nitrogens with one attached hydrogen (secondary N) is 1. The average molecular weight is 364 g/mol. The lowest BCUT2D eigenvalue weighted by Crippen LogP contribution is -2.26. The zero-order valence-corrected chi connectivity index (χ0v) is 15.5. The van der Waals surface area contributed by atoms with Crippen LogP contribution in [0.25, 0.3) is 0 Å². The van der Waals surface area contributed by atoms with Gasteiger partial charge in [0.15, 0.2) is 0 Å². The van der Waals surface area contributed by atoms with E-state index in [1.54, 1.807) is 59.7 Å². The van der Waals surface area contributed by atoms with Crippen molar-refractivity contribution in [2.45, 2.75) is 13.5 Å². The van der Waals surface area contributed by atoms with Crippen LogP contribution in [0.1, 0.15) is 31.2 Å². The molecule has 3 rings (SSSR count). The molecular formula is C21H20N2O2S. The Morgan fingerprint density at radius 3 is 2.27 bits per heavy atom. The summed E-state index contributed by atoms with van der Waals surface area (Å²) in [6.07, 6.45) is 0. The molecule has 0 atom stereocenters. The number of nitrogens with zero attached hydrogens (tertiary/aromatic N) is 1. The predicted octanol–water partition coefficient (Wildman–Crippen LogP) is 4.58. The number of benzene rings is 2. The molecule has 1 N–H and O–H groups in total. The van der Waals surface area contributed by atoms with Crippen LogP contribution < -0.4 is 5.32 Å². The second-order valence-corrected chi connectivity index (χ2v) is 7.09. The van der Waals surface area contributed by atoms with E-state index in [2.05, 4.69) is 11.4 Å². The standard InChI is InChI=1S/C21H20N2O2S/c1-15-12-13-26-19(15)14-23(2)21(25)17-8-10-18(11-9-17)22-20(24)16-6-4-3-5-7-16/h3-13H,14H2,1-2H3,(H,22,24). The minimum Gasteiger partial charge on any atom is -0.337 e. The molecule has 0 radical (unpaired) electrons. The Hall–Kier alpha value is -2.92. The summed E-state index contributed by atoms with van der Waals surface area (Å²) in [5.41, 5.74) is 3.05. The molecule has 0 unspecified atom stereocenters. The lowest BCUT2D eigenvalue weighted by Gasteiger charge is -2.17. The Morgan fingerprint density at radius 2 is 1.65 bits per heavy atom. The van der Waals surface area contributed by atoms with Gasteiger partial charge in [0.25, 0.3) is 11.8 Å². The summed E-state index contributed by atoms with van der Waals surface area (Å²) in [6, 6.07) is 18.1. The summed E-state index contributed by atoms with van der Waals surface area (Å²) in [4.78, 5) is 27.6. The maximum atomic E-state index is 12.6. The summed E-state index contributed by atoms with van der Waals surface area (Å²) in [5.74, 6) is -0.214. The molecule has 132 valence electrons. The number of hydrogen-bond donors (Lipinski definition) is 1. The topological polar surface area (TPSA) is 49.4 Å². The van der Waals surface area contributed by atoms with E-state index in [4.69, 9.17) is 0 Å². The third-order valence-electron chi connectivity index (χ3n) is 4.12. The minimum atomic E-state index is -0.171. The number of carbonyl (C=O) groups excluding carboxylic acids is 2. The Balaban J connectivity index is 1.64. The number of anilines is 1. The largest absolute Gasteiger partial charge is 0.337 e. The average Bonchev–Trinajstić information content (AvgIpc) is 3.07. The summed E-state index contributed by atoms with van der Waals surface area (Å²) >= 11 is 1.66. The van der Waals surface area contributed by atoms with Gasteiger partial charge in [-0.1, -0.05) is 18.2 Å². The molecule has 0 aliphatic heterocycles. The molecule has 2 aromatic carbocycles. The van der Waals surface area contributed by atoms with Crippen LogP contribution in [0.5, 0.6) is 0 Å². The van der Waals surface area contributed by atoms with Crippen molar-refractivity contribution in [3.63, 3.8) is 0 Å². The van der Waals surface area contributed by atoms with E-state index < -0.39 is 0 Å². The molecule has 0 spiro atoms. The number of carbonyl (C=O) groups is 2. The van der Waals surface area contributed by atoms with Crippen LogP contribution >= 0.6 is 11.3 Å². The number of aryl methyl sites for hydroxylation is 1. The second-order valence-electron chi connectivity index (χ2n) is 6.09. The van der Waals surface area contributed by atoms with Crippen LogP contribution in [0.4, 0.5) is 5.69 Å². The molecule has 0 aliphatic carbocycles. The number of thiophene rings is 1. The van der Waals surface area contributed by atoms with Crippen LogP contribution in [0.2, 0.25) is 0 Å². The summed E-state index contributed by atoms with van der Waals surface area (Å²) in [6.45, 7) is 2.64. The highest BCUT2D eigenvalue weighted by Gasteiger charge is 2.14. The third kappa shape index (κ3) is 4.18. The van der Waals surface area contributed by atoms with Gasteiger partial charge in [-0.15, -0.1) is 11.3 Å². The van der Waals surface area contributed by atoms with E-state index in [0.29, 0.717) is 23.4 Å². The van der Waals surface area contributed by atoms with E-state index in [0.717, 1.165) is 0 Å². The molecule has 0 bridgehead atoms. The SMILES string of the molecule is Cc1ccsc1CN(C)C(=O)c1ccc(NC(=O)c2ccccc2)cc1. The number of amides is 2. The molecule has 3 aromatic rings. The predicted molar refractivity (Wildman–Crippen MR) is 106 cm³/mol. The monoisotopic (exact) mass is 364 g/mol. The Bertz CT molecular complexity index is 901.